The SMILES string of the molecule is C\C=C/C(/C=C(/c1ccncc1)S(=O)(=O)c1ccccc1)=C\C=C\CC. The first kappa shape index (κ1) is 19.6. The summed E-state index contributed by atoms with van der Waals surface area (Å²) in [4.78, 5) is 4.52. The number of benzene rings is 1. The highest BCUT2D eigenvalue weighted by Gasteiger charge is 2.22. The first-order valence-electron chi connectivity index (χ1n) is 8.51. The Morgan fingerprint density at radius 1 is 1.08 bits per heavy atom. The fourth-order valence-electron chi connectivity index (χ4n) is 2.37. The van der Waals surface area contributed by atoms with Gasteiger partial charge >= 0.3 is 0 Å². The van der Waals surface area contributed by atoms with Crippen molar-refractivity contribution < 1.29 is 8.42 Å². The van der Waals surface area contributed by atoms with E-state index in [2.05, 4.69) is 11.9 Å². The summed E-state index contributed by atoms with van der Waals surface area (Å²) < 4.78 is 26.5. The van der Waals surface area contributed by atoms with E-state index in [9.17, 15) is 8.42 Å². The molecule has 2 aromatic rings. The fraction of sp³-hybridized carbons (Fsp3) is 0.136. The van der Waals surface area contributed by atoms with Gasteiger partial charge in [-0.1, -0.05) is 55.5 Å². The van der Waals surface area contributed by atoms with Crippen LogP contribution in [0, 0.1) is 0 Å². The summed E-state index contributed by atoms with van der Waals surface area (Å²) in [5, 5.41) is 0. The number of hydrogen-bond acceptors (Lipinski definition) is 3. The molecule has 26 heavy (non-hydrogen) atoms. The standard InChI is InChI=1S/C22H23NO2S/c1-3-5-7-11-19(10-4-2)18-22(20-14-16-23-17-15-20)26(24,25)21-12-8-6-9-13-21/h4-18H,3H2,1-2H3/b7-5+,10-4-,19-11+,22-18-. The molecule has 0 aliphatic carbocycles. The third kappa shape index (κ3) is 5.14. The molecule has 0 radical (unpaired) electrons. The van der Waals surface area contributed by atoms with Gasteiger partial charge in [-0.05, 0) is 54.8 Å². The van der Waals surface area contributed by atoms with Gasteiger partial charge in [-0.25, -0.2) is 8.42 Å². The molecule has 0 amide bonds. The minimum atomic E-state index is -3.66. The van der Waals surface area contributed by atoms with Crippen LogP contribution in [-0.4, -0.2) is 13.4 Å². The van der Waals surface area contributed by atoms with Gasteiger partial charge in [0.15, 0.2) is 0 Å². The second kappa shape index (κ2) is 9.68. The first-order valence-corrected chi connectivity index (χ1v) is 9.99. The lowest BCUT2D eigenvalue weighted by molar-refractivity contribution is 0.606. The molecular weight excluding hydrogens is 342 g/mol. The third-order valence-corrected chi connectivity index (χ3v) is 5.45. The summed E-state index contributed by atoms with van der Waals surface area (Å²) >= 11 is 0. The van der Waals surface area contributed by atoms with Gasteiger partial charge < -0.3 is 0 Å². The zero-order valence-electron chi connectivity index (χ0n) is 15.0. The second-order valence-electron chi connectivity index (χ2n) is 5.56. The van der Waals surface area contributed by atoms with Crippen LogP contribution in [0.15, 0.2) is 102 Å². The Morgan fingerprint density at radius 3 is 2.38 bits per heavy atom. The maximum atomic E-state index is 13.2. The lowest BCUT2D eigenvalue weighted by atomic mass is 10.1. The average molecular weight is 365 g/mol. The molecule has 2 rings (SSSR count). The molecule has 1 heterocycles. The molecular formula is C22H23NO2S. The van der Waals surface area contributed by atoms with Crippen LogP contribution < -0.4 is 0 Å². The monoisotopic (exact) mass is 365 g/mol. The Kier molecular flexibility index (Phi) is 7.30. The number of nitrogens with zero attached hydrogens (tertiary/aromatic N) is 1. The normalized spacial score (nSPS) is 13.6. The van der Waals surface area contributed by atoms with Crippen LogP contribution in [-0.2, 0) is 9.84 Å². The van der Waals surface area contributed by atoms with Crippen molar-refractivity contribution in [3.63, 3.8) is 0 Å². The van der Waals surface area contributed by atoms with Gasteiger partial charge in [0, 0.05) is 12.4 Å². The van der Waals surface area contributed by atoms with Crippen molar-refractivity contribution in [1.29, 1.82) is 0 Å². The zero-order chi connectivity index (χ0) is 18.8. The van der Waals surface area contributed by atoms with Crippen LogP contribution in [0.2, 0.25) is 0 Å². The minimum absolute atomic E-state index is 0.250. The topological polar surface area (TPSA) is 47.0 Å². The molecule has 0 saturated carbocycles. The summed E-state index contributed by atoms with van der Waals surface area (Å²) in [5.41, 5.74) is 1.42. The van der Waals surface area contributed by atoms with Gasteiger partial charge in [-0.15, -0.1) is 0 Å². The second-order valence-corrected chi connectivity index (χ2v) is 7.48. The number of rotatable bonds is 7. The molecule has 0 N–H and O–H groups in total. The molecule has 0 aliphatic rings. The largest absolute Gasteiger partial charge is 0.265 e. The summed E-state index contributed by atoms with van der Waals surface area (Å²) in [6.07, 6.45) is 15.5. The van der Waals surface area contributed by atoms with E-state index in [1.807, 2.05) is 37.3 Å². The Labute approximate surface area is 156 Å². The summed E-state index contributed by atoms with van der Waals surface area (Å²) in [5.74, 6) is 0. The van der Waals surface area contributed by atoms with Gasteiger partial charge in [0.1, 0.15) is 0 Å². The van der Waals surface area contributed by atoms with Crippen molar-refractivity contribution in [1.82, 2.24) is 4.98 Å². The highest BCUT2D eigenvalue weighted by molar-refractivity contribution is 8.00. The van der Waals surface area contributed by atoms with Crippen molar-refractivity contribution >= 4 is 14.7 Å². The fourth-order valence-corrected chi connectivity index (χ4v) is 3.88. The average Bonchev–Trinajstić information content (AvgIpc) is 2.67. The summed E-state index contributed by atoms with van der Waals surface area (Å²) in [6, 6.07) is 11.9. The lowest BCUT2D eigenvalue weighted by Gasteiger charge is -2.10. The maximum Gasteiger partial charge on any atom is 0.207 e. The van der Waals surface area contributed by atoms with E-state index >= 15 is 0 Å². The molecule has 0 saturated heterocycles. The lowest BCUT2D eigenvalue weighted by Crippen LogP contribution is -2.05. The van der Waals surface area contributed by atoms with Gasteiger partial charge in [-0.2, -0.15) is 0 Å². The van der Waals surface area contributed by atoms with Crippen molar-refractivity contribution in [3.05, 3.63) is 102 Å². The third-order valence-electron chi connectivity index (χ3n) is 3.63. The number of pyridine rings is 1. The van der Waals surface area contributed by atoms with E-state index in [1.54, 1.807) is 60.9 Å². The molecule has 0 fully saturated rings. The van der Waals surface area contributed by atoms with Crippen molar-refractivity contribution in [2.75, 3.05) is 0 Å². The van der Waals surface area contributed by atoms with E-state index in [0.29, 0.717) is 5.56 Å². The van der Waals surface area contributed by atoms with E-state index in [0.717, 1.165) is 12.0 Å². The molecule has 134 valence electrons. The number of aromatic nitrogens is 1. The van der Waals surface area contributed by atoms with Gasteiger partial charge in [0.25, 0.3) is 0 Å². The van der Waals surface area contributed by atoms with Crippen LogP contribution in [0.3, 0.4) is 0 Å². The number of sulfone groups is 1. The van der Waals surface area contributed by atoms with Crippen LogP contribution in [0.4, 0.5) is 0 Å². The molecule has 4 heteroatoms. The molecule has 0 bridgehead atoms. The Morgan fingerprint density at radius 2 is 1.77 bits per heavy atom. The molecule has 0 atom stereocenters. The first-order chi connectivity index (χ1) is 12.6. The highest BCUT2D eigenvalue weighted by atomic mass is 32.2. The quantitative estimate of drug-likeness (QED) is 0.620. The van der Waals surface area contributed by atoms with Gasteiger partial charge in [0.2, 0.25) is 9.84 Å². The van der Waals surface area contributed by atoms with E-state index in [1.165, 1.54) is 0 Å². The van der Waals surface area contributed by atoms with Crippen LogP contribution in [0.1, 0.15) is 25.8 Å². The van der Waals surface area contributed by atoms with E-state index < -0.39 is 9.84 Å². The van der Waals surface area contributed by atoms with Gasteiger partial charge in [0.05, 0.1) is 9.80 Å². The molecule has 1 aromatic carbocycles. The number of hydrogen-bond donors (Lipinski definition) is 0. The predicted molar refractivity (Wildman–Crippen MR) is 108 cm³/mol. The number of allylic oxidation sites excluding steroid dienone is 7. The Hall–Kier alpha value is -2.72. The van der Waals surface area contributed by atoms with Crippen LogP contribution in [0.5, 0.6) is 0 Å². The van der Waals surface area contributed by atoms with Crippen LogP contribution >= 0.6 is 0 Å². The zero-order valence-corrected chi connectivity index (χ0v) is 15.9. The Bertz CT molecular complexity index is 923. The molecule has 0 spiro atoms. The Balaban J connectivity index is 2.65. The van der Waals surface area contributed by atoms with Crippen LogP contribution in [0.25, 0.3) is 4.91 Å². The molecule has 0 unspecified atom stereocenters. The maximum absolute atomic E-state index is 13.2. The van der Waals surface area contributed by atoms with Crippen molar-refractivity contribution in [2.45, 2.75) is 25.2 Å². The molecule has 1 aromatic heterocycles. The van der Waals surface area contributed by atoms with E-state index in [4.69, 9.17) is 0 Å². The summed E-state index contributed by atoms with van der Waals surface area (Å²) in [6.45, 7) is 3.96. The molecule has 3 nitrogen and oxygen atoms in total. The smallest absolute Gasteiger partial charge is 0.207 e. The van der Waals surface area contributed by atoms with Crippen molar-refractivity contribution in [3.8, 4) is 0 Å². The van der Waals surface area contributed by atoms with Gasteiger partial charge in [-0.3, -0.25) is 4.98 Å². The predicted octanol–water partition coefficient (Wildman–Crippen LogP) is 5.37. The van der Waals surface area contributed by atoms with E-state index in [-0.39, 0.29) is 9.80 Å². The minimum Gasteiger partial charge on any atom is -0.265 e. The molecule has 0 aliphatic heterocycles. The summed E-state index contributed by atoms with van der Waals surface area (Å²) in [7, 11) is -3.66. The highest BCUT2D eigenvalue weighted by Crippen LogP contribution is 2.29. The van der Waals surface area contributed by atoms with Crippen molar-refractivity contribution in [2.24, 2.45) is 0 Å².